The van der Waals surface area contributed by atoms with E-state index < -0.39 is 0 Å². The molecule has 0 fully saturated rings. The van der Waals surface area contributed by atoms with E-state index in [1.54, 1.807) is 0 Å². The third-order valence-electron chi connectivity index (χ3n) is 0. The summed E-state index contributed by atoms with van der Waals surface area (Å²) in [5, 5.41) is 6.25. The molecule has 1 nitrogen and oxygen atoms in total. The van der Waals surface area contributed by atoms with Crippen molar-refractivity contribution < 1.29 is 35.9 Å². The first-order valence-electron chi connectivity index (χ1n) is 1.04. The van der Waals surface area contributed by atoms with E-state index in [4.69, 9.17) is 11.8 Å². The van der Waals surface area contributed by atoms with Gasteiger partial charge in [0.15, 0.2) is 0 Å². The summed E-state index contributed by atoms with van der Waals surface area (Å²) in [7, 11) is 0. The minimum absolute atomic E-state index is 0. The predicted molar refractivity (Wildman–Crippen MR) is 30.6 cm³/mol. The molecule has 0 aliphatic carbocycles. The largest absolute Gasteiger partial charge is 2.00 e. The molecule has 0 aliphatic heterocycles. The van der Waals surface area contributed by atoms with Crippen LogP contribution < -0.4 is 18.9 Å². The van der Waals surface area contributed by atoms with Gasteiger partial charge in [-0.05, 0) is 0 Å². The molecule has 2 radical (unpaired) electrons. The Labute approximate surface area is 92.4 Å². The van der Waals surface area contributed by atoms with Gasteiger partial charge in [0.25, 0.3) is 0 Å². The van der Waals surface area contributed by atoms with Crippen molar-refractivity contribution in [2.75, 3.05) is 0 Å². The molecule has 0 heterocycles. The van der Waals surface area contributed by atoms with Crippen LogP contribution in [0.25, 0.3) is 0 Å². The topological polar surface area (TPSA) is 23.8 Å². The van der Waals surface area contributed by atoms with Gasteiger partial charge in [-0.15, -0.1) is 0 Å². The van der Waals surface area contributed by atoms with Gasteiger partial charge in [0.05, 0.1) is 0 Å². The molecule has 0 aromatic heterocycles. The first-order valence-corrected chi connectivity index (χ1v) is 1.04. The predicted octanol–water partition coefficient (Wildman–Crippen LogP) is -2.07. The summed E-state index contributed by atoms with van der Waals surface area (Å²) in [6.45, 7) is 18.8. The standard InChI is InChI=1S/2C2H3.CN.Cu.2Li/c3*1-2;;;/h2*1H,2H2;;;;/q3*-1;+2;;+1. The van der Waals surface area contributed by atoms with E-state index in [2.05, 4.69) is 26.3 Å². The van der Waals surface area contributed by atoms with Gasteiger partial charge in [0, 0.05) is 18.9 Å². The summed E-state index contributed by atoms with van der Waals surface area (Å²) in [6.07, 6.45) is 0. The fourth-order valence-electron chi connectivity index (χ4n) is 0. The Balaban J connectivity index is -0.00000000321. The van der Waals surface area contributed by atoms with E-state index in [0.29, 0.717) is 0 Å². The third kappa shape index (κ3) is 829. The molecule has 0 saturated carbocycles. The SMILES string of the molecule is [C-]#N.[CH-]=C.[CH-]=C.[Cu+2].[Li+].[Li]. The van der Waals surface area contributed by atoms with Crippen molar-refractivity contribution in [1.82, 2.24) is 0 Å². The Morgan fingerprint density at radius 2 is 1.00 bits per heavy atom. The van der Waals surface area contributed by atoms with Crippen LogP contribution in [0.2, 0.25) is 0 Å². The van der Waals surface area contributed by atoms with Gasteiger partial charge < -0.3 is 25.0 Å². The Morgan fingerprint density at radius 1 is 1.00 bits per heavy atom. The summed E-state index contributed by atoms with van der Waals surface area (Å²) in [5.74, 6) is 0. The molecule has 0 rings (SSSR count). The Bertz CT molecular complexity index is 31.4. The molecule has 0 saturated heterocycles. The molecule has 0 aromatic rings. The molecule has 9 heavy (non-hydrogen) atoms. The fourth-order valence-corrected chi connectivity index (χ4v) is 0. The molecule has 0 unspecified atom stereocenters. The smallest absolute Gasteiger partial charge is 0.521 e. The van der Waals surface area contributed by atoms with Crippen LogP contribution in [0.4, 0.5) is 0 Å². The minimum Gasteiger partial charge on any atom is -0.521 e. The van der Waals surface area contributed by atoms with Gasteiger partial charge in [-0.3, -0.25) is 13.2 Å². The van der Waals surface area contributed by atoms with Crippen molar-refractivity contribution in [3.8, 4) is 0 Å². The van der Waals surface area contributed by atoms with Crippen LogP contribution >= 0.6 is 0 Å². The zero-order valence-electron chi connectivity index (χ0n) is 5.82. The Kier molecular flexibility index (Phi) is 6550. The molecular weight excluding hydrogens is 151 g/mol. The van der Waals surface area contributed by atoms with Crippen molar-refractivity contribution in [1.29, 1.82) is 5.26 Å². The minimum atomic E-state index is 0. The summed E-state index contributed by atoms with van der Waals surface area (Å²) >= 11 is 0. The van der Waals surface area contributed by atoms with E-state index in [0.717, 1.165) is 0 Å². The van der Waals surface area contributed by atoms with Gasteiger partial charge in [-0.2, -0.15) is 0 Å². The van der Waals surface area contributed by atoms with E-state index in [1.807, 2.05) is 0 Å². The zero-order chi connectivity index (χ0) is 6.00. The molecule has 0 aromatic carbocycles. The molecule has 0 amide bonds. The van der Waals surface area contributed by atoms with Gasteiger partial charge in [-0.25, -0.2) is 0 Å². The molecule has 0 spiro atoms. The average Bonchev–Trinajstić information content (AvgIpc) is 1.81. The zero-order valence-corrected chi connectivity index (χ0v) is 6.76. The van der Waals surface area contributed by atoms with Crippen molar-refractivity contribution >= 4 is 18.9 Å². The molecule has 4 heteroatoms. The molecule has 44 valence electrons. The van der Waals surface area contributed by atoms with E-state index in [1.165, 1.54) is 0 Å². The number of rotatable bonds is 0. The summed E-state index contributed by atoms with van der Waals surface area (Å²) < 4.78 is 0. The molecule has 0 N–H and O–H groups in total. The third-order valence-corrected chi connectivity index (χ3v) is 0. The number of hydrogen-bond donors (Lipinski definition) is 0. The van der Waals surface area contributed by atoms with Gasteiger partial charge in [0.2, 0.25) is 0 Å². The van der Waals surface area contributed by atoms with Crippen molar-refractivity contribution in [2.24, 2.45) is 0 Å². The van der Waals surface area contributed by atoms with Crippen molar-refractivity contribution in [2.45, 2.75) is 0 Å². The van der Waals surface area contributed by atoms with Gasteiger partial charge in [-0.1, -0.05) is 0 Å². The number of nitrogens with zero attached hydrogens (tertiary/aromatic N) is 1. The second-order valence-corrected chi connectivity index (χ2v) is 0. The van der Waals surface area contributed by atoms with Crippen LogP contribution in [-0.2, 0) is 17.1 Å². The summed E-state index contributed by atoms with van der Waals surface area (Å²) in [6, 6.07) is 0. The molecular formula is C5H6CuLi2N. The maximum atomic E-state index is 6.25. The van der Waals surface area contributed by atoms with E-state index in [-0.39, 0.29) is 54.8 Å². The first kappa shape index (κ1) is 53.8. The second kappa shape index (κ2) is 1100. The quantitative estimate of drug-likeness (QED) is 0.293. The van der Waals surface area contributed by atoms with Crippen LogP contribution in [0.15, 0.2) is 13.2 Å². The Hall–Kier alpha value is 0.684. The Morgan fingerprint density at radius 3 is 1.00 bits per heavy atom. The maximum Gasteiger partial charge on any atom is 2.00 e. The molecule has 0 atom stereocenters. The second-order valence-electron chi connectivity index (χ2n) is 0. The van der Waals surface area contributed by atoms with Crippen LogP contribution in [0, 0.1) is 25.0 Å². The average molecular weight is 158 g/mol. The van der Waals surface area contributed by atoms with Gasteiger partial charge in [0.1, 0.15) is 0 Å². The van der Waals surface area contributed by atoms with Crippen LogP contribution in [0.1, 0.15) is 0 Å². The van der Waals surface area contributed by atoms with Crippen molar-refractivity contribution in [3.05, 3.63) is 32.9 Å². The fraction of sp³-hybridized carbons (Fsp3) is 0. The number of hydrogen-bond acceptors (Lipinski definition) is 1. The van der Waals surface area contributed by atoms with Crippen LogP contribution in [0.3, 0.4) is 0 Å². The summed E-state index contributed by atoms with van der Waals surface area (Å²) in [4.78, 5) is 0. The summed E-state index contributed by atoms with van der Waals surface area (Å²) in [5.41, 5.74) is 0. The monoisotopic (exact) mass is 157 g/mol. The first-order chi connectivity index (χ1) is 3.00. The normalized spacial score (nSPS) is 1.11. The molecule has 0 bridgehead atoms. The van der Waals surface area contributed by atoms with Crippen LogP contribution in [0.5, 0.6) is 0 Å². The van der Waals surface area contributed by atoms with Crippen LogP contribution in [-0.4, -0.2) is 18.9 Å². The van der Waals surface area contributed by atoms with Crippen molar-refractivity contribution in [3.63, 3.8) is 0 Å². The van der Waals surface area contributed by atoms with E-state index in [9.17, 15) is 0 Å². The maximum absolute atomic E-state index is 6.25. The van der Waals surface area contributed by atoms with E-state index >= 15 is 0 Å². The molecule has 0 aliphatic rings. The van der Waals surface area contributed by atoms with Gasteiger partial charge >= 0.3 is 35.9 Å².